The molecule has 0 aromatic rings. The average Bonchev–Trinajstić information content (AvgIpc) is 1.91. The van der Waals surface area contributed by atoms with Gasteiger partial charge in [0.15, 0.2) is 0 Å². The highest BCUT2D eigenvalue weighted by molar-refractivity contribution is 7.88. The SMILES string of the molecule is CS(=O)(=O)N[C@@H]1CCNC=C1O. The first-order valence-electron chi connectivity index (χ1n) is 3.59. The predicted octanol–water partition coefficient (Wildman–Crippen LogP) is -0.703. The number of sulfonamides is 1. The van der Waals surface area contributed by atoms with Crippen LogP contribution in [0, 0.1) is 0 Å². The zero-order valence-corrected chi connectivity index (χ0v) is 7.56. The molecule has 1 aliphatic rings. The van der Waals surface area contributed by atoms with Gasteiger partial charge in [-0.1, -0.05) is 0 Å². The van der Waals surface area contributed by atoms with Gasteiger partial charge in [-0.05, 0) is 6.42 Å². The van der Waals surface area contributed by atoms with E-state index in [-0.39, 0.29) is 5.76 Å². The molecule has 1 atom stereocenters. The zero-order chi connectivity index (χ0) is 9.19. The van der Waals surface area contributed by atoms with Crippen molar-refractivity contribution in [3.05, 3.63) is 12.0 Å². The van der Waals surface area contributed by atoms with Gasteiger partial charge in [-0.15, -0.1) is 0 Å². The van der Waals surface area contributed by atoms with Crippen LogP contribution < -0.4 is 10.0 Å². The van der Waals surface area contributed by atoms with Crippen molar-refractivity contribution in [2.75, 3.05) is 12.8 Å². The fourth-order valence-electron chi connectivity index (χ4n) is 1.03. The van der Waals surface area contributed by atoms with Crippen molar-refractivity contribution in [3.8, 4) is 0 Å². The predicted molar refractivity (Wildman–Crippen MR) is 45.1 cm³/mol. The number of hydrogen-bond acceptors (Lipinski definition) is 4. The minimum Gasteiger partial charge on any atom is -0.509 e. The average molecular weight is 192 g/mol. The molecule has 0 fully saturated rings. The fraction of sp³-hybridized carbons (Fsp3) is 0.667. The monoisotopic (exact) mass is 192 g/mol. The summed E-state index contributed by atoms with van der Waals surface area (Å²) >= 11 is 0. The molecule has 0 spiro atoms. The summed E-state index contributed by atoms with van der Waals surface area (Å²) in [6, 6.07) is -0.471. The normalized spacial score (nSPS) is 24.4. The molecule has 5 nitrogen and oxygen atoms in total. The van der Waals surface area contributed by atoms with Crippen LogP contribution in [0.25, 0.3) is 0 Å². The van der Waals surface area contributed by atoms with Gasteiger partial charge < -0.3 is 10.4 Å². The van der Waals surface area contributed by atoms with E-state index < -0.39 is 16.1 Å². The van der Waals surface area contributed by atoms with E-state index >= 15 is 0 Å². The van der Waals surface area contributed by atoms with Gasteiger partial charge in [-0.25, -0.2) is 13.1 Å². The Bertz CT molecular complexity index is 283. The lowest BCUT2D eigenvalue weighted by Gasteiger charge is -2.20. The van der Waals surface area contributed by atoms with E-state index in [9.17, 15) is 13.5 Å². The Morgan fingerprint density at radius 3 is 2.92 bits per heavy atom. The van der Waals surface area contributed by atoms with Crippen LogP contribution in [0.2, 0.25) is 0 Å². The summed E-state index contributed by atoms with van der Waals surface area (Å²) in [5.74, 6) is 0.0340. The summed E-state index contributed by atoms with van der Waals surface area (Å²) in [6.07, 6.45) is 3.05. The Morgan fingerprint density at radius 1 is 1.75 bits per heavy atom. The Balaban J connectivity index is 2.64. The summed E-state index contributed by atoms with van der Waals surface area (Å²) in [6.45, 7) is 0.664. The first-order valence-corrected chi connectivity index (χ1v) is 5.48. The molecule has 1 rings (SSSR count). The van der Waals surface area contributed by atoms with E-state index in [0.717, 1.165) is 6.26 Å². The number of rotatable bonds is 2. The van der Waals surface area contributed by atoms with E-state index in [1.807, 2.05) is 0 Å². The van der Waals surface area contributed by atoms with E-state index in [4.69, 9.17) is 0 Å². The van der Waals surface area contributed by atoms with Crippen molar-refractivity contribution in [1.29, 1.82) is 0 Å². The summed E-state index contributed by atoms with van der Waals surface area (Å²) in [7, 11) is -3.24. The molecule has 1 heterocycles. The standard InChI is InChI=1S/C6H12N2O3S/c1-12(10,11)8-5-2-3-7-4-6(5)9/h4-5,7-9H,2-3H2,1H3/t5-/m1/s1. The van der Waals surface area contributed by atoms with Crippen LogP contribution in [0.15, 0.2) is 12.0 Å². The third-order valence-corrected chi connectivity index (χ3v) is 2.25. The Kier molecular flexibility index (Phi) is 2.58. The Morgan fingerprint density at radius 2 is 2.42 bits per heavy atom. The molecule has 0 unspecified atom stereocenters. The summed E-state index contributed by atoms with van der Waals surface area (Å²) in [4.78, 5) is 0. The quantitative estimate of drug-likeness (QED) is 0.540. The highest BCUT2D eigenvalue weighted by Crippen LogP contribution is 2.06. The summed E-state index contributed by atoms with van der Waals surface area (Å²) in [5.41, 5.74) is 0. The molecule has 0 aromatic heterocycles. The summed E-state index contributed by atoms with van der Waals surface area (Å²) < 4.78 is 23.9. The van der Waals surface area contributed by atoms with Crippen molar-refractivity contribution in [2.24, 2.45) is 0 Å². The molecule has 0 amide bonds. The van der Waals surface area contributed by atoms with Gasteiger partial charge in [0.2, 0.25) is 10.0 Å². The highest BCUT2D eigenvalue weighted by Gasteiger charge is 2.19. The zero-order valence-electron chi connectivity index (χ0n) is 6.74. The van der Waals surface area contributed by atoms with Gasteiger partial charge in [-0.3, -0.25) is 0 Å². The number of hydrogen-bond donors (Lipinski definition) is 3. The van der Waals surface area contributed by atoms with Crippen molar-refractivity contribution >= 4 is 10.0 Å². The third-order valence-electron chi connectivity index (χ3n) is 1.54. The minimum atomic E-state index is -3.24. The minimum absolute atomic E-state index is 0.0340. The number of aliphatic hydroxyl groups excluding tert-OH is 1. The lowest BCUT2D eigenvalue weighted by atomic mass is 10.1. The second-order valence-corrected chi connectivity index (χ2v) is 4.53. The molecule has 0 radical (unpaired) electrons. The first-order chi connectivity index (χ1) is 5.49. The molecule has 12 heavy (non-hydrogen) atoms. The van der Waals surface area contributed by atoms with Crippen LogP contribution in [-0.4, -0.2) is 32.4 Å². The number of aliphatic hydroxyl groups is 1. The van der Waals surface area contributed by atoms with Crippen LogP contribution in [0.3, 0.4) is 0 Å². The van der Waals surface area contributed by atoms with Crippen LogP contribution in [-0.2, 0) is 10.0 Å². The molecule has 0 aromatic carbocycles. The molecule has 0 saturated heterocycles. The maximum Gasteiger partial charge on any atom is 0.209 e. The van der Waals surface area contributed by atoms with E-state index in [0.29, 0.717) is 13.0 Å². The van der Waals surface area contributed by atoms with Gasteiger partial charge in [0.1, 0.15) is 5.76 Å². The molecule has 3 N–H and O–H groups in total. The maximum absolute atomic E-state index is 10.8. The third kappa shape index (κ3) is 2.71. The van der Waals surface area contributed by atoms with E-state index in [1.54, 1.807) is 0 Å². The van der Waals surface area contributed by atoms with Gasteiger partial charge in [-0.2, -0.15) is 0 Å². The lowest BCUT2D eigenvalue weighted by Crippen LogP contribution is -2.40. The molecule has 0 saturated carbocycles. The molecule has 6 heteroatoms. The van der Waals surface area contributed by atoms with Crippen LogP contribution in [0.4, 0.5) is 0 Å². The first kappa shape index (κ1) is 9.34. The van der Waals surface area contributed by atoms with E-state index in [2.05, 4.69) is 10.0 Å². The van der Waals surface area contributed by atoms with Gasteiger partial charge in [0.25, 0.3) is 0 Å². The topological polar surface area (TPSA) is 78.4 Å². The Hall–Kier alpha value is -0.750. The number of nitrogens with one attached hydrogen (secondary N) is 2. The van der Waals surface area contributed by atoms with Gasteiger partial charge in [0, 0.05) is 12.7 Å². The molecular weight excluding hydrogens is 180 g/mol. The molecular formula is C6H12N2O3S. The van der Waals surface area contributed by atoms with Gasteiger partial charge in [0.05, 0.1) is 12.3 Å². The van der Waals surface area contributed by atoms with Crippen molar-refractivity contribution in [2.45, 2.75) is 12.5 Å². The van der Waals surface area contributed by atoms with Crippen molar-refractivity contribution in [3.63, 3.8) is 0 Å². The van der Waals surface area contributed by atoms with E-state index in [1.165, 1.54) is 6.20 Å². The van der Waals surface area contributed by atoms with Gasteiger partial charge >= 0.3 is 0 Å². The van der Waals surface area contributed by atoms with Crippen molar-refractivity contribution < 1.29 is 13.5 Å². The fourth-order valence-corrected chi connectivity index (χ4v) is 1.79. The largest absolute Gasteiger partial charge is 0.509 e. The second-order valence-electron chi connectivity index (χ2n) is 2.75. The highest BCUT2D eigenvalue weighted by atomic mass is 32.2. The molecule has 70 valence electrons. The smallest absolute Gasteiger partial charge is 0.209 e. The van der Waals surface area contributed by atoms with Crippen LogP contribution >= 0.6 is 0 Å². The molecule has 1 aliphatic heterocycles. The molecule has 0 bridgehead atoms. The lowest BCUT2D eigenvalue weighted by molar-refractivity contribution is 0.330. The Labute approximate surface area is 71.5 Å². The maximum atomic E-state index is 10.8. The van der Waals surface area contributed by atoms with Crippen molar-refractivity contribution in [1.82, 2.24) is 10.0 Å². The molecule has 0 aliphatic carbocycles. The van der Waals surface area contributed by atoms with Crippen LogP contribution in [0.1, 0.15) is 6.42 Å². The summed E-state index contributed by atoms with van der Waals surface area (Å²) in [5, 5.41) is 12.0. The van der Waals surface area contributed by atoms with Crippen LogP contribution in [0.5, 0.6) is 0 Å². The second kappa shape index (κ2) is 3.32.